The quantitative estimate of drug-likeness (QED) is 0.757. The highest BCUT2D eigenvalue weighted by Gasteiger charge is 2.06. The van der Waals surface area contributed by atoms with E-state index in [-0.39, 0.29) is 0 Å². The molecule has 7 heteroatoms. The molecule has 3 rings (SSSR count). The van der Waals surface area contributed by atoms with Crippen molar-refractivity contribution in [1.82, 2.24) is 19.7 Å². The summed E-state index contributed by atoms with van der Waals surface area (Å²) in [6, 6.07) is 10.0. The molecule has 0 aliphatic carbocycles. The Morgan fingerprint density at radius 3 is 2.73 bits per heavy atom. The summed E-state index contributed by atoms with van der Waals surface area (Å²) in [5.74, 6) is 1.06. The first-order valence-corrected chi connectivity index (χ1v) is 7.14. The van der Waals surface area contributed by atoms with Crippen LogP contribution in [-0.2, 0) is 13.6 Å². The maximum atomic E-state index is 6.14. The van der Waals surface area contributed by atoms with Gasteiger partial charge >= 0.3 is 0 Å². The highest BCUT2D eigenvalue weighted by Crippen LogP contribution is 2.21. The molecule has 0 bridgehead atoms. The first-order valence-electron chi connectivity index (χ1n) is 6.77. The van der Waals surface area contributed by atoms with Crippen LogP contribution in [0.25, 0.3) is 0 Å². The van der Waals surface area contributed by atoms with Crippen LogP contribution in [0.15, 0.2) is 48.9 Å². The molecule has 112 valence electrons. The van der Waals surface area contributed by atoms with Crippen molar-refractivity contribution in [2.45, 2.75) is 6.54 Å². The van der Waals surface area contributed by atoms with Crippen LogP contribution in [0.5, 0.6) is 0 Å². The summed E-state index contributed by atoms with van der Waals surface area (Å²) in [5, 5.41) is 10.9. The Hall–Kier alpha value is -2.60. The lowest BCUT2D eigenvalue weighted by atomic mass is 10.2. The monoisotopic (exact) mass is 314 g/mol. The molecule has 0 atom stereocenters. The van der Waals surface area contributed by atoms with Crippen molar-refractivity contribution < 1.29 is 0 Å². The van der Waals surface area contributed by atoms with Gasteiger partial charge in [0.1, 0.15) is 5.02 Å². The van der Waals surface area contributed by atoms with Gasteiger partial charge in [0.05, 0.1) is 18.1 Å². The molecule has 0 aliphatic heterocycles. The van der Waals surface area contributed by atoms with Crippen LogP contribution in [0, 0.1) is 0 Å². The van der Waals surface area contributed by atoms with Gasteiger partial charge in [-0.15, -0.1) is 0 Å². The van der Waals surface area contributed by atoms with E-state index >= 15 is 0 Å². The SMILES string of the molecule is Cn1cc(Nc2ncc(Cl)c(NCc3ccccc3)n2)cn1. The Balaban J connectivity index is 1.72. The second kappa shape index (κ2) is 6.44. The van der Waals surface area contributed by atoms with Crippen LogP contribution >= 0.6 is 11.6 Å². The molecule has 0 radical (unpaired) electrons. The number of halogens is 1. The lowest BCUT2D eigenvalue weighted by Crippen LogP contribution is -2.05. The number of aromatic nitrogens is 4. The molecule has 0 unspecified atom stereocenters. The second-order valence-corrected chi connectivity index (χ2v) is 5.16. The van der Waals surface area contributed by atoms with Gasteiger partial charge in [0.2, 0.25) is 5.95 Å². The third kappa shape index (κ3) is 3.53. The summed E-state index contributed by atoms with van der Waals surface area (Å²) >= 11 is 6.14. The summed E-state index contributed by atoms with van der Waals surface area (Å²) in [6.07, 6.45) is 5.12. The van der Waals surface area contributed by atoms with Crippen molar-refractivity contribution in [3.8, 4) is 0 Å². The van der Waals surface area contributed by atoms with Gasteiger partial charge in [-0.3, -0.25) is 4.68 Å². The number of anilines is 3. The van der Waals surface area contributed by atoms with E-state index in [4.69, 9.17) is 11.6 Å². The molecule has 0 aliphatic rings. The molecule has 0 saturated carbocycles. The number of aryl methyl sites for hydroxylation is 1. The van der Waals surface area contributed by atoms with E-state index in [1.54, 1.807) is 17.1 Å². The van der Waals surface area contributed by atoms with Crippen molar-refractivity contribution in [1.29, 1.82) is 0 Å². The van der Waals surface area contributed by atoms with Gasteiger partial charge in [0.25, 0.3) is 0 Å². The molecule has 2 aromatic heterocycles. The predicted octanol–water partition coefficient (Wildman–Crippen LogP) is 3.22. The number of nitrogens with zero attached hydrogens (tertiary/aromatic N) is 4. The standard InChI is InChI=1S/C15H15ClN6/c1-22-10-12(8-19-22)20-15-18-9-13(16)14(21-15)17-7-11-5-3-2-4-6-11/h2-6,8-10H,7H2,1H3,(H2,17,18,20,21). The third-order valence-corrected chi connectivity index (χ3v) is 3.28. The van der Waals surface area contributed by atoms with E-state index in [9.17, 15) is 0 Å². The number of rotatable bonds is 5. The van der Waals surface area contributed by atoms with Crippen LogP contribution in [0.3, 0.4) is 0 Å². The average Bonchev–Trinajstić information content (AvgIpc) is 2.94. The first-order chi connectivity index (χ1) is 10.7. The van der Waals surface area contributed by atoms with E-state index in [1.807, 2.05) is 43.6 Å². The topological polar surface area (TPSA) is 67.7 Å². The Bertz CT molecular complexity index is 756. The number of hydrogen-bond donors (Lipinski definition) is 2. The average molecular weight is 315 g/mol. The van der Waals surface area contributed by atoms with Gasteiger partial charge in [-0.05, 0) is 5.56 Å². The van der Waals surface area contributed by atoms with E-state index in [0.717, 1.165) is 11.3 Å². The Kier molecular flexibility index (Phi) is 4.20. The van der Waals surface area contributed by atoms with Crippen molar-refractivity contribution in [3.05, 3.63) is 59.5 Å². The molecule has 6 nitrogen and oxygen atoms in total. The van der Waals surface area contributed by atoms with Crippen LogP contribution in [0.2, 0.25) is 5.02 Å². The minimum atomic E-state index is 0.466. The normalized spacial score (nSPS) is 10.5. The first kappa shape index (κ1) is 14.3. The lowest BCUT2D eigenvalue weighted by Gasteiger charge is -2.09. The number of hydrogen-bond acceptors (Lipinski definition) is 5. The Morgan fingerprint density at radius 2 is 2.00 bits per heavy atom. The molecule has 2 N–H and O–H groups in total. The van der Waals surface area contributed by atoms with Gasteiger partial charge in [-0.25, -0.2) is 4.98 Å². The van der Waals surface area contributed by atoms with Crippen molar-refractivity contribution in [3.63, 3.8) is 0 Å². The Labute approximate surface area is 133 Å². The largest absolute Gasteiger partial charge is 0.365 e. The molecule has 2 heterocycles. The van der Waals surface area contributed by atoms with Gasteiger partial charge in [0, 0.05) is 19.8 Å². The highest BCUT2D eigenvalue weighted by molar-refractivity contribution is 6.32. The fourth-order valence-electron chi connectivity index (χ4n) is 1.95. The lowest BCUT2D eigenvalue weighted by molar-refractivity contribution is 0.768. The summed E-state index contributed by atoms with van der Waals surface area (Å²) in [7, 11) is 1.85. The van der Waals surface area contributed by atoms with Crippen LogP contribution < -0.4 is 10.6 Å². The molecule has 0 saturated heterocycles. The zero-order chi connectivity index (χ0) is 15.4. The smallest absolute Gasteiger partial charge is 0.229 e. The molecule has 1 aromatic carbocycles. The molecule has 0 spiro atoms. The van der Waals surface area contributed by atoms with Crippen LogP contribution in [0.1, 0.15) is 5.56 Å². The molecule has 0 fully saturated rings. The summed E-state index contributed by atoms with van der Waals surface area (Å²) in [5.41, 5.74) is 1.97. The van der Waals surface area contributed by atoms with E-state index in [2.05, 4.69) is 25.7 Å². The van der Waals surface area contributed by atoms with E-state index < -0.39 is 0 Å². The fourth-order valence-corrected chi connectivity index (χ4v) is 2.11. The number of nitrogens with one attached hydrogen (secondary N) is 2. The van der Waals surface area contributed by atoms with Gasteiger partial charge in [-0.1, -0.05) is 41.9 Å². The van der Waals surface area contributed by atoms with E-state index in [0.29, 0.717) is 23.3 Å². The van der Waals surface area contributed by atoms with Crippen molar-refractivity contribution in [2.24, 2.45) is 7.05 Å². The Morgan fingerprint density at radius 1 is 1.18 bits per heavy atom. The van der Waals surface area contributed by atoms with Crippen LogP contribution in [-0.4, -0.2) is 19.7 Å². The van der Waals surface area contributed by atoms with Crippen LogP contribution in [0.4, 0.5) is 17.5 Å². The maximum absolute atomic E-state index is 6.14. The zero-order valence-electron chi connectivity index (χ0n) is 12.0. The summed E-state index contributed by atoms with van der Waals surface area (Å²) in [4.78, 5) is 8.56. The zero-order valence-corrected chi connectivity index (χ0v) is 12.7. The molecule has 3 aromatic rings. The fraction of sp³-hybridized carbons (Fsp3) is 0.133. The minimum absolute atomic E-state index is 0.466. The number of benzene rings is 1. The summed E-state index contributed by atoms with van der Waals surface area (Å²) in [6.45, 7) is 0.643. The maximum Gasteiger partial charge on any atom is 0.229 e. The van der Waals surface area contributed by atoms with Gasteiger partial charge in [0.15, 0.2) is 5.82 Å². The van der Waals surface area contributed by atoms with Gasteiger partial charge < -0.3 is 10.6 Å². The van der Waals surface area contributed by atoms with Crippen molar-refractivity contribution >= 4 is 29.1 Å². The van der Waals surface area contributed by atoms with Gasteiger partial charge in [-0.2, -0.15) is 10.1 Å². The minimum Gasteiger partial charge on any atom is -0.365 e. The third-order valence-electron chi connectivity index (χ3n) is 3.01. The second-order valence-electron chi connectivity index (χ2n) is 4.76. The molecule has 22 heavy (non-hydrogen) atoms. The highest BCUT2D eigenvalue weighted by atomic mass is 35.5. The molecular weight excluding hydrogens is 300 g/mol. The van der Waals surface area contributed by atoms with Crippen molar-refractivity contribution in [2.75, 3.05) is 10.6 Å². The molecule has 0 amide bonds. The van der Waals surface area contributed by atoms with E-state index in [1.165, 1.54) is 0 Å². The molecular formula is C15H15ClN6. The summed E-state index contributed by atoms with van der Waals surface area (Å²) < 4.78 is 1.70. The predicted molar refractivity (Wildman–Crippen MR) is 87.3 cm³/mol.